The van der Waals surface area contributed by atoms with Gasteiger partial charge in [-0.2, -0.15) is 0 Å². The maximum atomic E-state index is 13.0. The van der Waals surface area contributed by atoms with Gasteiger partial charge >= 0.3 is 0 Å². The molecule has 28 heavy (non-hydrogen) atoms. The zero-order valence-electron chi connectivity index (χ0n) is 16.9. The lowest BCUT2D eigenvalue weighted by Crippen LogP contribution is -2.47. The van der Waals surface area contributed by atoms with Gasteiger partial charge < -0.3 is 5.32 Å². The molecule has 0 saturated carbocycles. The highest BCUT2D eigenvalue weighted by atomic mass is 35.5. The number of rotatable bonds is 7. The minimum Gasteiger partial charge on any atom is -0.324 e. The monoisotopic (exact) mass is 422 g/mol. The molecule has 2 rings (SSSR count). The van der Waals surface area contributed by atoms with Crippen LogP contribution in [0.2, 0.25) is 5.02 Å². The highest BCUT2D eigenvalue weighted by Gasteiger charge is 2.32. The third kappa shape index (κ3) is 5.26. The first-order valence-corrected chi connectivity index (χ1v) is 11.4. The van der Waals surface area contributed by atoms with Crippen LogP contribution in [-0.4, -0.2) is 26.6 Å². The van der Waals surface area contributed by atoms with Gasteiger partial charge in [-0.1, -0.05) is 50.6 Å². The number of anilines is 2. The van der Waals surface area contributed by atoms with Crippen molar-refractivity contribution in [3.05, 3.63) is 58.6 Å². The third-order valence-electron chi connectivity index (χ3n) is 4.58. The summed E-state index contributed by atoms with van der Waals surface area (Å²) in [5, 5.41) is 3.25. The van der Waals surface area contributed by atoms with Crippen LogP contribution >= 0.6 is 11.6 Å². The summed E-state index contributed by atoms with van der Waals surface area (Å²) in [6.07, 6.45) is 1.41. The highest BCUT2D eigenvalue weighted by Crippen LogP contribution is 2.29. The van der Waals surface area contributed by atoms with Crippen molar-refractivity contribution in [3.63, 3.8) is 0 Å². The SMILES string of the molecule is CC[C@H](C(=O)Nc1ccc(C(C)C)cc1)N(c1cc(Cl)ccc1C)S(C)(=O)=O. The van der Waals surface area contributed by atoms with E-state index in [-0.39, 0.29) is 5.91 Å². The second-order valence-corrected chi connectivity index (χ2v) is 9.48. The van der Waals surface area contributed by atoms with Crippen LogP contribution in [0.5, 0.6) is 0 Å². The van der Waals surface area contributed by atoms with Gasteiger partial charge in [0.15, 0.2) is 0 Å². The molecular formula is C21H27ClN2O3S. The van der Waals surface area contributed by atoms with Crippen LogP contribution in [0.25, 0.3) is 0 Å². The van der Waals surface area contributed by atoms with Gasteiger partial charge in [0, 0.05) is 10.7 Å². The second-order valence-electron chi connectivity index (χ2n) is 7.18. The summed E-state index contributed by atoms with van der Waals surface area (Å²) >= 11 is 6.09. The lowest BCUT2D eigenvalue weighted by molar-refractivity contribution is -0.117. The number of halogens is 1. The summed E-state index contributed by atoms with van der Waals surface area (Å²) in [4.78, 5) is 13.0. The quantitative estimate of drug-likeness (QED) is 0.686. The van der Waals surface area contributed by atoms with E-state index in [1.165, 1.54) is 0 Å². The first-order valence-electron chi connectivity index (χ1n) is 9.21. The van der Waals surface area contributed by atoms with Gasteiger partial charge in [-0.05, 0) is 54.7 Å². The number of hydrogen-bond acceptors (Lipinski definition) is 3. The van der Waals surface area contributed by atoms with Crippen molar-refractivity contribution in [3.8, 4) is 0 Å². The predicted molar refractivity (Wildman–Crippen MR) is 117 cm³/mol. The summed E-state index contributed by atoms with van der Waals surface area (Å²) in [5.74, 6) is 0.00395. The van der Waals surface area contributed by atoms with Crippen molar-refractivity contribution < 1.29 is 13.2 Å². The summed E-state index contributed by atoms with van der Waals surface area (Å²) in [7, 11) is -3.71. The Kier molecular flexibility index (Phi) is 7.12. The Morgan fingerprint density at radius 2 is 1.75 bits per heavy atom. The second kappa shape index (κ2) is 8.97. The zero-order valence-corrected chi connectivity index (χ0v) is 18.4. The zero-order chi connectivity index (χ0) is 21.1. The lowest BCUT2D eigenvalue weighted by Gasteiger charge is -2.31. The van der Waals surface area contributed by atoms with E-state index in [9.17, 15) is 13.2 Å². The van der Waals surface area contributed by atoms with Gasteiger partial charge in [0.25, 0.3) is 0 Å². The van der Waals surface area contributed by atoms with E-state index in [2.05, 4.69) is 19.2 Å². The van der Waals surface area contributed by atoms with Crippen molar-refractivity contribution >= 4 is 38.9 Å². The molecule has 0 spiro atoms. The molecule has 2 aromatic rings. The molecule has 0 unspecified atom stereocenters. The van der Waals surface area contributed by atoms with E-state index in [0.29, 0.717) is 28.7 Å². The Bertz CT molecular complexity index is 941. The number of carbonyl (C=O) groups is 1. The van der Waals surface area contributed by atoms with E-state index < -0.39 is 16.1 Å². The molecule has 0 heterocycles. The number of hydrogen-bond donors (Lipinski definition) is 1. The van der Waals surface area contributed by atoms with Crippen LogP contribution in [0.1, 0.15) is 44.2 Å². The largest absolute Gasteiger partial charge is 0.324 e. The molecule has 0 aromatic heterocycles. The fraction of sp³-hybridized carbons (Fsp3) is 0.381. The van der Waals surface area contributed by atoms with Crippen molar-refractivity contribution in [1.29, 1.82) is 0 Å². The van der Waals surface area contributed by atoms with Crippen LogP contribution < -0.4 is 9.62 Å². The first kappa shape index (κ1) is 22.2. The molecule has 0 aliphatic heterocycles. The number of benzene rings is 2. The standard InChI is InChI=1S/C21H27ClN2O3S/c1-6-19(21(25)23-18-11-8-16(9-12-18)14(2)3)24(28(5,26)27)20-13-17(22)10-7-15(20)4/h7-14,19H,6H2,1-5H3,(H,23,25)/t19-/m1/s1. The van der Waals surface area contributed by atoms with Gasteiger partial charge in [0.1, 0.15) is 6.04 Å². The number of sulfonamides is 1. The average molecular weight is 423 g/mol. The van der Waals surface area contributed by atoms with Crippen LogP contribution in [0.4, 0.5) is 11.4 Å². The summed E-state index contributed by atoms with van der Waals surface area (Å²) in [6.45, 7) is 7.76. The van der Waals surface area contributed by atoms with Gasteiger partial charge in [-0.15, -0.1) is 0 Å². The van der Waals surface area contributed by atoms with Gasteiger partial charge in [0.2, 0.25) is 15.9 Å². The Hall–Kier alpha value is -2.05. The number of carbonyl (C=O) groups excluding carboxylic acids is 1. The minimum absolute atomic E-state index is 0.314. The fourth-order valence-electron chi connectivity index (χ4n) is 3.03. The van der Waals surface area contributed by atoms with Crippen LogP contribution in [0, 0.1) is 6.92 Å². The van der Waals surface area contributed by atoms with Crippen LogP contribution in [0.15, 0.2) is 42.5 Å². The minimum atomic E-state index is -3.71. The Morgan fingerprint density at radius 3 is 2.25 bits per heavy atom. The molecule has 2 aromatic carbocycles. The summed E-state index contributed by atoms with van der Waals surface area (Å²) in [6, 6.07) is 11.7. The normalized spacial score (nSPS) is 12.7. The smallest absolute Gasteiger partial charge is 0.248 e. The predicted octanol–water partition coefficient (Wildman–Crippen LogP) is 4.96. The van der Waals surface area contributed by atoms with Crippen molar-refractivity contribution in [2.24, 2.45) is 0 Å². The molecule has 152 valence electrons. The molecule has 0 radical (unpaired) electrons. The molecule has 0 saturated heterocycles. The van der Waals surface area contributed by atoms with E-state index in [0.717, 1.165) is 21.7 Å². The molecule has 7 heteroatoms. The fourth-order valence-corrected chi connectivity index (χ4v) is 4.46. The number of nitrogens with zero attached hydrogens (tertiary/aromatic N) is 1. The van der Waals surface area contributed by atoms with Gasteiger partial charge in [0.05, 0.1) is 11.9 Å². The number of aryl methyl sites for hydroxylation is 1. The Labute approximate surface area is 172 Å². The summed E-state index contributed by atoms with van der Waals surface area (Å²) < 4.78 is 26.3. The molecule has 1 amide bonds. The van der Waals surface area contributed by atoms with E-state index in [1.807, 2.05) is 24.3 Å². The molecule has 0 aliphatic carbocycles. The molecule has 0 aliphatic rings. The molecule has 1 atom stereocenters. The van der Waals surface area contributed by atoms with Crippen LogP contribution in [0.3, 0.4) is 0 Å². The van der Waals surface area contributed by atoms with Crippen molar-refractivity contribution in [2.45, 2.75) is 46.1 Å². The first-order chi connectivity index (χ1) is 13.0. The molecular weight excluding hydrogens is 396 g/mol. The maximum Gasteiger partial charge on any atom is 0.248 e. The Balaban J connectivity index is 2.38. The number of amides is 1. The maximum absolute atomic E-state index is 13.0. The van der Waals surface area contributed by atoms with E-state index >= 15 is 0 Å². The van der Waals surface area contributed by atoms with E-state index in [1.54, 1.807) is 32.0 Å². The topological polar surface area (TPSA) is 66.5 Å². The average Bonchev–Trinajstić information content (AvgIpc) is 2.61. The molecule has 1 N–H and O–H groups in total. The van der Waals surface area contributed by atoms with Crippen molar-refractivity contribution in [2.75, 3.05) is 15.9 Å². The van der Waals surface area contributed by atoms with Crippen LogP contribution in [-0.2, 0) is 14.8 Å². The lowest BCUT2D eigenvalue weighted by atomic mass is 10.0. The van der Waals surface area contributed by atoms with E-state index in [4.69, 9.17) is 11.6 Å². The summed E-state index contributed by atoms with van der Waals surface area (Å²) in [5.41, 5.74) is 2.93. The van der Waals surface area contributed by atoms with Gasteiger partial charge in [-0.3, -0.25) is 9.10 Å². The Morgan fingerprint density at radius 1 is 1.14 bits per heavy atom. The molecule has 0 fully saturated rings. The third-order valence-corrected chi connectivity index (χ3v) is 5.98. The molecule has 5 nitrogen and oxygen atoms in total. The number of nitrogens with one attached hydrogen (secondary N) is 1. The molecule has 0 bridgehead atoms. The highest BCUT2D eigenvalue weighted by molar-refractivity contribution is 7.92. The van der Waals surface area contributed by atoms with Gasteiger partial charge in [-0.25, -0.2) is 8.42 Å². The van der Waals surface area contributed by atoms with Crippen molar-refractivity contribution in [1.82, 2.24) is 0 Å².